The molecule has 0 bridgehead atoms. The van der Waals surface area contributed by atoms with Crippen molar-refractivity contribution in [1.82, 2.24) is 15.2 Å². The number of aromatic amines is 1. The molecule has 0 spiro atoms. The number of H-pyrrole nitrogens is 1. The van der Waals surface area contributed by atoms with Crippen LogP contribution in [-0.2, 0) is 6.42 Å². The predicted octanol–water partition coefficient (Wildman–Crippen LogP) is 1.34. The molecule has 2 aromatic heterocycles. The summed E-state index contributed by atoms with van der Waals surface area (Å²) >= 11 is 1.67. The molecule has 0 unspecified atom stereocenters. The summed E-state index contributed by atoms with van der Waals surface area (Å²) in [6, 6.07) is 0. The maximum Gasteiger partial charge on any atom is 0.182 e. The molecule has 0 saturated carbocycles. The molecule has 2 rings (SSSR count). The number of hydrogen-bond acceptors (Lipinski definition) is 4. The number of rotatable bonds is 3. The topological polar surface area (TPSA) is 67.6 Å². The van der Waals surface area contributed by atoms with Gasteiger partial charge in [-0.1, -0.05) is 0 Å². The Morgan fingerprint density at radius 1 is 1.50 bits per heavy atom. The van der Waals surface area contributed by atoms with E-state index in [0.717, 1.165) is 23.6 Å². The highest BCUT2D eigenvalue weighted by Crippen LogP contribution is 2.23. The van der Waals surface area contributed by atoms with Crippen LogP contribution in [0.2, 0.25) is 0 Å². The third-order valence-corrected chi connectivity index (χ3v) is 2.87. The molecular weight excluding hydrogens is 196 g/mol. The average Bonchev–Trinajstić information content (AvgIpc) is 2.74. The monoisotopic (exact) mass is 208 g/mol. The molecule has 0 fully saturated rings. The smallest absolute Gasteiger partial charge is 0.182 e. The van der Waals surface area contributed by atoms with Gasteiger partial charge in [-0.3, -0.25) is 5.10 Å². The van der Waals surface area contributed by atoms with Crippen molar-refractivity contribution in [2.24, 2.45) is 5.73 Å². The van der Waals surface area contributed by atoms with Crippen LogP contribution in [0.3, 0.4) is 0 Å². The lowest BCUT2D eigenvalue weighted by atomic mass is 10.2. The van der Waals surface area contributed by atoms with Crippen LogP contribution in [0.25, 0.3) is 11.4 Å². The first-order valence-electron chi connectivity index (χ1n) is 4.45. The van der Waals surface area contributed by atoms with Gasteiger partial charge in [0.1, 0.15) is 5.82 Å². The van der Waals surface area contributed by atoms with Gasteiger partial charge in [-0.2, -0.15) is 16.4 Å². The van der Waals surface area contributed by atoms with E-state index in [1.54, 1.807) is 11.3 Å². The zero-order chi connectivity index (χ0) is 9.97. The summed E-state index contributed by atoms with van der Waals surface area (Å²) in [5, 5.41) is 11.2. The van der Waals surface area contributed by atoms with Crippen LogP contribution in [-0.4, -0.2) is 21.7 Å². The molecule has 0 aromatic carbocycles. The Bertz CT molecular complexity index is 418. The largest absolute Gasteiger partial charge is 0.330 e. The van der Waals surface area contributed by atoms with Gasteiger partial charge in [0.15, 0.2) is 5.82 Å². The first-order valence-corrected chi connectivity index (χ1v) is 5.40. The van der Waals surface area contributed by atoms with Crippen molar-refractivity contribution in [1.29, 1.82) is 0 Å². The standard InChI is InChI=1S/C9H12N4S/c1-6-4-14-5-7(6)9-11-8(2-3-10)12-13-9/h4-5H,2-3,10H2,1H3,(H,11,12,13). The van der Waals surface area contributed by atoms with Crippen LogP contribution >= 0.6 is 11.3 Å². The molecule has 0 radical (unpaired) electrons. The number of thiophene rings is 1. The van der Waals surface area contributed by atoms with E-state index >= 15 is 0 Å². The quantitative estimate of drug-likeness (QED) is 0.800. The summed E-state index contributed by atoms with van der Waals surface area (Å²) in [6.45, 7) is 2.65. The van der Waals surface area contributed by atoms with Crippen LogP contribution in [0.4, 0.5) is 0 Å². The van der Waals surface area contributed by atoms with Crippen LogP contribution in [0.15, 0.2) is 10.8 Å². The minimum atomic E-state index is 0.594. The number of nitrogens with one attached hydrogen (secondary N) is 1. The fourth-order valence-corrected chi connectivity index (χ4v) is 2.08. The second kappa shape index (κ2) is 3.89. The maximum atomic E-state index is 5.43. The summed E-state index contributed by atoms with van der Waals surface area (Å²) in [4.78, 5) is 4.36. The minimum Gasteiger partial charge on any atom is -0.330 e. The molecular formula is C9H12N4S. The van der Waals surface area contributed by atoms with E-state index in [0.29, 0.717) is 6.54 Å². The van der Waals surface area contributed by atoms with Crippen molar-refractivity contribution in [2.45, 2.75) is 13.3 Å². The van der Waals surface area contributed by atoms with Gasteiger partial charge in [-0.05, 0) is 24.4 Å². The number of aromatic nitrogens is 3. The molecule has 2 heterocycles. The van der Waals surface area contributed by atoms with E-state index in [9.17, 15) is 0 Å². The van der Waals surface area contributed by atoms with Crippen molar-refractivity contribution in [3.05, 3.63) is 22.1 Å². The highest BCUT2D eigenvalue weighted by molar-refractivity contribution is 7.08. The number of nitrogens with zero attached hydrogens (tertiary/aromatic N) is 2. The zero-order valence-electron chi connectivity index (χ0n) is 7.95. The highest BCUT2D eigenvalue weighted by atomic mass is 32.1. The summed E-state index contributed by atoms with van der Waals surface area (Å²) in [6.07, 6.45) is 0.746. The summed E-state index contributed by atoms with van der Waals surface area (Å²) in [5.74, 6) is 1.63. The molecule has 14 heavy (non-hydrogen) atoms. The zero-order valence-corrected chi connectivity index (χ0v) is 8.77. The van der Waals surface area contributed by atoms with Crippen molar-refractivity contribution in [3.63, 3.8) is 0 Å². The highest BCUT2D eigenvalue weighted by Gasteiger charge is 2.08. The van der Waals surface area contributed by atoms with Gasteiger partial charge in [0.25, 0.3) is 0 Å². The van der Waals surface area contributed by atoms with E-state index in [2.05, 4.69) is 32.9 Å². The molecule has 0 atom stereocenters. The van der Waals surface area contributed by atoms with E-state index in [1.165, 1.54) is 5.56 Å². The first kappa shape index (κ1) is 9.36. The number of aryl methyl sites for hydroxylation is 1. The van der Waals surface area contributed by atoms with Gasteiger partial charge in [0.05, 0.1) is 0 Å². The first-order chi connectivity index (χ1) is 6.81. The lowest BCUT2D eigenvalue weighted by Gasteiger charge is -1.90. The fourth-order valence-electron chi connectivity index (χ4n) is 1.25. The third-order valence-electron chi connectivity index (χ3n) is 2.01. The fraction of sp³-hybridized carbons (Fsp3) is 0.333. The van der Waals surface area contributed by atoms with Gasteiger partial charge in [0, 0.05) is 17.4 Å². The van der Waals surface area contributed by atoms with E-state index in [4.69, 9.17) is 5.73 Å². The molecule has 0 amide bonds. The minimum absolute atomic E-state index is 0.594. The lowest BCUT2D eigenvalue weighted by Crippen LogP contribution is -2.03. The second-order valence-corrected chi connectivity index (χ2v) is 3.86. The average molecular weight is 208 g/mol. The Kier molecular flexibility index (Phi) is 2.60. The Hall–Kier alpha value is -1.20. The van der Waals surface area contributed by atoms with Crippen LogP contribution < -0.4 is 5.73 Å². The molecule has 0 aliphatic carbocycles. The van der Waals surface area contributed by atoms with Gasteiger partial charge < -0.3 is 5.73 Å². The normalized spacial score (nSPS) is 10.7. The summed E-state index contributed by atoms with van der Waals surface area (Å²) in [5.41, 5.74) is 7.75. The maximum absolute atomic E-state index is 5.43. The van der Waals surface area contributed by atoms with E-state index < -0.39 is 0 Å². The van der Waals surface area contributed by atoms with Gasteiger partial charge in [-0.25, -0.2) is 4.98 Å². The molecule has 0 aliphatic rings. The number of nitrogens with two attached hydrogens (primary N) is 1. The molecule has 74 valence electrons. The molecule has 3 N–H and O–H groups in total. The second-order valence-electron chi connectivity index (χ2n) is 3.11. The predicted molar refractivity (Wildman–Crippen MR) is 57.2 cm³/mol. The van der Waals surface area contributed by atoms with Gasteiger partial charge >= 0.3 is 0 Å². The van der Waals surface area contributed by atoms with Crippen molar-refractivity contribution < 1.29 is 0 Å². The van der Waals surface area contributed by atoms with Crippen molar-refractivity contribution in [3.8, 4) is 11.4 Å². The SMILES string of the molecule is Cc1cscc1-c1n[nH]c(CCN)n1. The molecule has 5 heteroatoms. The van der Waals surface area contributed by atoms with Crippen LogP contribution in [0.1, 0.15) is 11.4 Å². The van der Waals surface area contributed by atoms with Crippen molar-refractivity contribution in [2.75, 3.05) is 6.54 Å². The van der Waals surface area contributed by atoms with Crippen molar-refractivity contribution >= 4 is 11.3 Å². The molecule has 0 aliphatic heterocycles. The number of hydrogen-bond donors (Lipinski definition) is 2. The van der Waals surface area contributed by atoms with Gasteiger partial charge in [0.2, 0.25) is 0 Å². The Balaban J connectivity index is 2.29. The summed E-state index contributed by atoms with van der Waals surface area (Å²) in [7, 11) is 0. The Morgan fingerprint density at radius 3 is 3.00 bits per heavy atom. The molecule has 0 saturated heterocycles. The van der Waals surface area contributed by atoms with Gasteiger partial charge in [-0.15, -0.1) is 0 Å². The van der Waals surface area contributed by atoms with E-state index in [-0.39, 0.29) is 0 Å². The molecule has 4 nitrogen and oxygen atoms in total. The third kappa shape index (κ3) is 1.69. The van der Waals surface area contributed by atoms with Crippen LogP contribution in [0.5, 0.6) is 0 Å². The summed E-state index contributed by atoms with van der Waals surface area (Å²) < 4.78 is 0. The molecule has 2 aromatic rings. The Labute approximate surface area is 86.2 Å². The Morgan fingerprint density at radius 2 is 2.36 bits per heavy atom. The van der Waals surface area contributed by atoms with E-state index in [1.807, 2.05) is 0 Å². The lowest BCUT2D eigenvalue weighted by molar-refractivity contribution is 0.874. The van der Waals surface area contributed by atoms with Crippen LogP contribution in [0, 0.1) is 6.92 Å².